The Morgan fingerprint density at radius 1 is 1.40 bits per heavy atom. The van der Waals surface area contributed by atoms with Crippen molar-refractivity contribution in [3.8, 4) is 0 Å². The highest BCUT2D eigenvalue weighted by atomic mass is 35.5. The van der Waals surface area contributed by atoms with E-state index in [4.69, 9.17) is 16.1 Å². The third kappa shape index (κ3) is 2.10. The van der Waals surface area contributed by atoms with Crippen LogP contribution in [0.25, 0.3) is 11.2 Å². The molecule has 0 saturated heterocycles. The van der Waals surface area contributed by atoms with E-state index in [-0.39, 0.29) is 0 Å². The first kappa shape index (κ1) is 13.2. The van der Waals surface area contributed by atoms with E-state index < -0.39 is 0 Å². The number of aromatic nitrogens is 5. The Labute approximate surface area is 121 Å². The molecule has 3 aromatic heterocycles. The van der Waals surface area contributed by atoms with E-state index in [1.807, 2.05) is 17.7 Å². The molecular weight excluding hydrogens is 278 g/mol. The summed E-state index contributed by atoms with van der Waals surface area (Å²) in [5, 5.41) is 8.49. The fraction of sp³-hybridized carbons (Fsp3) is 0.462. The van der Waals surface area contributed by atoms with Crippen molar-refractivity contribution in [1.29, 1.82) is 0 Å². The highest BCUT2D eigenvalue weighted by Crippen LogP contribution is 2.21. The molecule has 20 heavy (non-hydrogen) atoms. The van der Waals surface area contributed by atoms with Crippen LogP contribution in [0.1, 0.15) is 24.1 Å². The van der Waals surface area contributed by atoms with E-state index in [1.165, 1.54) is 0 Å². The fourth-order valence-corrected chi connectivity index (χ4v) is 2.58. The van der Waals surface area contributed by atoms with Crippen LogP contribution in [0.5, 0.6) is 0 Å². The predicted octanol–water partition coefficient (Wildman–Crippen LogP) is 2.38. The van der Waals surface area contributed by atoms with E-state index in [9.17, 15) is 0 Å². The summed E-state index contributed by atoms with van der Waals surface area (Å²) < 4.78 is 9.00. The number of imidazole rings is 1. The maximum atomic E-state index is 5.89. The minimum Gasteiger partial charge on any atom is -0.364 e. The molecule has 0 spiro atoms. The lowest BCUT2D eigenvalue weighted by Gasteiger charge is -2.07. The summed E-state index contributed by atoms with van der Waals surface area (Å²) in [6.07, 6.45) is 2.30. The first-order valence-electron chi connectivity index (χ1n) is 6.62. The van der Waals surface area contributed by atoms with Crippen molar-refractivity contribution in [3.05, 3.63) is 29.5 Å². The van der Waals surface area contributed by atoms with Crippen molar-refractivity contribution in [2.24, 2.45) is 0 Å². The second-order valence-corrected chi connectivity index (χ2v) is 5.00. The van der Waals surface area contributed by atoms with Crippen LogP contribution in [0.4, 0.5) is 0 Å². The summed E-state index contributed by atoms with van der Waals surface area (Å²) in [4.78, 5) is 4.69. The fourth-order valence-electron chi connectivity index (χ4n) is 2.41. The van der Waals surface area contributed by atoms with Gasteiger partial charge in [0, 0.05) is 24.9 Å². The van der Waals surface area contributed by atoms with E-state index >= 15 is 0 Å². The quantitative estimate of drug-likeness (QED) is 0.678. The van der Waals surface area contributed by atoms with Gasteiger partial charge in [-0.3, -0.25) is 0 Å². The number of aryl methyl sites for hydroxylation is 3. The average molecular weight is 294 g/mol. The highest BCUT2D eigenvalue weighted by Gasteiger charge is 2.18. The van der Waals surface area contributed by atoms with Crippen molar-refractivity contribution < 1.29 is 4.52 Å². The Morgan fingerprint density at radius 2 is 2.25 bits per heavy atom. The van der Waals surface area contributed by atoms with E-state index in [1.54, 1.807) is 6.26 Å². The molecule has 3 aromatic rings. The molecule has 0 amide bonds. The first-order valence-corrected chi connectivity index (χ1v) is 7.15. The zero-order chi connectivity index (χ0) is 14.1. The summed E-state index contributed by atoms with van der Waals surface area (Å²) in [6, 6.07) is 1.86. The molecule has 0 N–H and O–H groups in total. The van der Waals surface area contributed by atoms with Crippen LogP contribution in [0, 0.1) is 6.92 Å². The lowest BCUT2D eigenvalue weighted by molar-refractivity contribution is 0.409. The summed E-state index contributed by atoms with van der Waals surface area (Å²) in [5.41, 5.74) is 3.77. The number of hydrogen-bond acceptors (Lipinski definition) is 4. The number of alkyl halides is 1. The van der Waals surface area contributed by atoms with Gasteiger partial charge in [0.2, 0.25) is 0 Å². The topological polar surface area (TPSA) is 61.7 Å². The van der Waals surface area contributed by atoms with Gasteiger partial charge in [-0.25, -0.2) is 9.67 Å². The third-order valence-corrected chi connectivity index (χ3v) is 3.50. The summed E-state index contributed by atoms with van der Waals surface area (Å²) in [7, 11) is 0. The number of hydrogen-bond donors (Lipinski definition) is 0. The lowest BCUT2D eigenvalue weighted by Crippen LogP contribution is -2.10. The molecule has 0 aliphatic heterocycles. The molecule has 6 nitrogen and oxygen atoms in total. The van der Waals surface area contributed by atoms with Gasteiger partial charge in [-0.15, -0.1) is 11.6 Å². The Morgan fingerprint density at radius 3 is 2.90 bits per heavy atom. The molecule has 0 saturated carbocycles. The zero-order valence-corrected chi connectivity index (χ0v) is 12.3. The van der Waals surface area contributed by atoms with Crippen molar-refractivity contribution in [3.63, 3.8) is 0 Å². The van der Waals surface area contributed by atoms with E-state index in [2.05, 4.69) is 26.7 Å². The summed E-state index contributed by atoms with van der Waals surface area (Å²) >= 11 is 5.89. The Bertz CT molecular complexity index is 713. The molecule has 0 fully saturated rings. The third-order valence-electron chi connectivity index (χ3n) is 3.31. The van der Waals surface area contributed by atoms with Gasteiger partial charge in [0.05, 0.1) is 12.2 Å². The van der Waals surface area contributed by atoms with Gasteiger partial charge in [-0.05, 0) is 13.8 Å². The van der Waals surface area contributed by atoms with Gasteiger partial charge >= 0.3 is 0 Å². The van der Waals surface area contributed by atoms with Crippen LogP contribution in [-0.4, -0.2) is 30.4 Å². The normalized spacial score (nSPS) is 11.6. The molecule has 106 valence electrons. The highest BCUT2D eigenvalue weighted by molar-refractivity contribution is 6.17. The molecule has 0 radical (unpaired) electrons. The molecule has 0 aromatic carbocycles. The van der Waals surface area contributed by atoms with Gasteiger partial charge in [0.1, 0.15) is 23.3 Å². The number of rotatable bonds is 5. The van der Waals surface area contributed by atoms with E-state index in [0.717, 1.165) is 41.3 Å². The first-order chi connectivity index (χ1) is 9.74. The van der Waals surface area contributed by atoms with Crippen LogP contribution in [0.2, 0.25) is 0 Å². The smallest absolute Gasteiger partial charge is 0.159 e. The zero-order valence-electron chi connectivity index (χ0n) is 11.5. The van der Waals surface area contributed by atoms with Gasteiger partial charge in [0.25, 0.3) is 0 Å². The monoisotopic (exact) mass is 293 g/mol. The summed E-state index contributed by atoms with van der Waals surface area (Å²) in [6.45, 7) is 5.46. The van der Waals surface area contributed by atoms with Crippen LogP contribution in [-0.2, 0) is 19.5 Å². The second-order valence-electron chi connectivity index (χ2n) is 4.62. The molecule has 0 atom stereocenters. The molecule has 3 rings (SSSR count). The van der Waals surface area contributed by atoms with Crippen LogP contribution in [0.3, 0.4) is 0 Å². The van der Waals surface area contributed by atoms with Gasteiger partial charge < -0.3 is 9.09 Å². The van der Waals surface area contributed by atoms with Gasteiger partial charge in [-0.1, -0.05) is 5.16 Å². The van der Waals surface area contributed by atoms with Gasteiger partial charge in [0.15, 0.2) is 5.65 Å². The largest absolute Gasteiger partial charge is 0.364 e. The lowest BCUT2D eigenvalue weighted by atomic mass is 10.4. The maximum Gasteiger partial charge on any atom is 0.159 e. The standard InChI is InChI=1S/C13H16ClN5O/c1-3-19-13-12(9(2)16-19)15-11(4-6-14)18(13)8-10-5-7-20-17-10/h5,7H,3-4,6,8H2,1-2H3. The maximum absolute atomic E-state index is 5.89. The minimum absolute atomic E-state index is 0.539. The average Bonchev–Trinajstić information content (AvgIpc) is 3.12. The van der Waals surface area contributed by atoms with Gasteiger partial charge in [-0.2, -0.15) is 5.10 Å². The van der Waals surface area contributed by atoms with Crippen LogP contribution in [0.15, 0.2) is 16.9 Å². The van der Waals surface area contributed by atoms with Crippen molar-refractivity contribution >= 4 is 22.8 Å². The second kappa shape index (κ2) is 5.28. The molecule has 0 unspecified atom stereocenters. The summed E-state index contributed by atoms with van der Waals surface area (Å²) in [5.74, 6) is 1.50. The van der Waals surface area contributed by atoms with E-state index in [0.29, 0.717) is 12.4 Å². The molecule has 0 aliphatic rings. The Kier molecular flexibility index (Phi) is 3.48. The number of nitrogens with zero attached hydrogens (tertiary/aromatic N) is 5. The Balaban J connectivity index is 2.16. The van der Waals surface area contributed by atoms with Crippen molar-refractivity contribution in [1.82, 2.24) is 24.5 Å². The molecule has 0 bridgehead atoms. The predicted molar refractivity (Wildman–Crippen MR) is 76.0 cm³/mol. The van der Waals surface area contributed by atoms with Crippen LogP contribution < -0.4 is 0 Å². The van der Waals surface area contributed by atoms with Crippen LogP contribution >= 0.6 is 11.6 Å². The molecular formula is C13H16ClN5O. The number of fused-ring (bicyclic) bond motifs is 1. The molecule has 7 heteroatoms. The minimum atomic E-state index is 0.539. The number of halogens is 1. The van der Waals surface area contributed by atoms with Crippen molar-refractivity contribution in [2.75, 3.05) is 5.88 Å². The molecule has 3 heterocycles. The molecule has 0 aliphatic carbocycles. The SMILES string of the molecule is CCn1nc(C)c2nc(CCCl)n(Cc3ccon3)c21. The Hall–Kier alpha value is -1.82. The van der Waals surface area contributed by atoms with Crippen molar-refractivity contribution in [2.45, 2.75) is 33.4 Å².